The summed E-state index contributed by atoms with van der Waals surface area (Å²) in [4.78, 5) is 22.9. The van der Waals surface area contributed by atoms with Gasteiger partial charge in [-0.3, -0.25) is 9.59 Å². The second-order valence-electron chi connectivity index (χ2n) is 5.21. The molecule has 4 nitrogen and oxygen atoms in total. The largest absolute Gasteiger partial charge is 0.481 e. The fourth-order valence-corrected chi connectivity index (χ4v) is 2.40. The highest BCUT2D eigenvalue weighted by molar-refractivity contribution is 5.99. The molecule has 0 bridgehead atoms. The highest BCUT2D eigenvalue weighted by Gasteiger charge is 2.65. The molecule has 0 saturated heterocycles. The average Bonchev–Trinajstić information content (AvgIpc) is 2.88. The minimum atomic E-state index is -1.15. The van der Waals surface area contributed by atoms with Gasteiger partial charge >= 0.3 is 5.97 Å². The number of carbonyl (C=O) groups is 2. The Hall–Kier alpha value is -1.98. The first-order chi connectivity index (χ1) is 8.76. The van der Waals surface area contributed by atoms with E-state index in [0.29, 0.717) is 0 Å². The van der Waals surface area contributed by atoms with Crippen LogP contribution in [0.15, 0.2) is 18.2 Å². The molecule has 102 valence electrons. The summed E-state index contributed by atoms with van der Waals surface area (Å²) in [6, 6.07) is 3.42. The van der Waals surface area contributed by atoms with Crippen LogP contribution in [0.2, 0.25) is 0 Å². The molecular weight excluding hydrogens is 256 g/mol. The lowest BCUT2D eigenvalue weighted by Crippen LogP contribution is -2.18. The molecule has 1 aliphatic carbocycles. The molecule has 2 rings (SSSR count). The van der Waals surface area contributed by atoms with Crippen LogP contribution in [0.5, 0.6) is 0 Å². The van der Waals surface area contributed by atoms with E-state index in [0.717, 1.165) is 6.07 Å². The molecule has 2 unspecified atom stereocenters. The number of carbonyl (C=O) groups excluding carboxylic acids is 1. The summed E-state index contributed by atoms with van der Waals surface area (Å²) in [6.45, 7) is 3.30. The zero-order chi connectivity index (χ0) is 14.4. The van der Waals surface area contributed by atoms with Crippen molar-refractivity contribution in [3.8, 4) is 0 Å². The maximum absolute atomic E-state index is 13.4. The molecule has 2 N–H and O–H groups in total. The van der Waals surface area contributed by atoms with E-state index >= 15 is 0 Å². The van der Waals surface area contributed by atoms with Gasteiger partial charge in [0.25, 0.3) is 0 Å². The van der Waals surface area contributed by atoms with Crippen molar-refractivity contribution in [1.82, 2.24) is 0 Å². The molecule has 0 aromatic heterocycles. The summed E-state index contributed by atoms with van der Waals surface area (Å²) in [6.07, 6.45) is 0. The first-order valence-corrected chi connectivity index (χ1v) is 5.74. The van der Waals surface area contributed by atoms with Gasteiger partial charge in [0, 0.05) is 0 Å². The Balaban J connectivity index is 2.15. The lowest BCUT2D eigenvalue weighted by atomic mass is 10.1. The van der Waals surface area contributed by atoms with E-state index < -0.39 is 40.8 Å². The Morgan fingerprint density at radius 1 is 1.26 bits per heavy atom. The Morgan fingerprint density at radius 2 is 1.89 bits per heavy atom. The summed E-state index contributed by atoms with van der Waals surface area (Å²) in [7, 11) is 0. The number of benzene rings is 1. The maximum Gasteiger partial charge on any atom is 0.307 e. The highest BCUT2D eigenvalue weighted by Crippen LogP contribution is 2.58. The molecule has 1 saturated carbocycles. The first-order valence-electron chi connectivity index (χ1n) is 5.74. The normalized spacial score (nSPS) is 23.8. The third-order valence-corrected chi connectivity index (χ3v) is 3.59. The zero-order valence-corrected chi connectivity index (χ0v) is 10.4. The molecule has 1 amide bonds. The molecule has 0 radical (unpaired) electrons. The van der Waals surface area contributed by atoms with Gasteiger partial charge in [-0.1, -0.05) is 19.9 Å². The Kier molecular flexibility index (Phi) is 3.04. The third kappa shape index (κ3) is 2.18. The molecule has 1 aromatic rings. The summed E-state index contributed by atoms with van der Waals surface area (Å²) >= 11 is 0. The number of rotatable bonds is 3. The summed E-state index contributed by atoms with van der Waals surface area (Å²) in [5.41, 5.74) is -0.962. The summed E-state index contributed by atoms with van der Waals surface area (Å²) in [5, 5.41) is 11.2. The minimum Gasteiger partial charge on any atom is -0.481 e. The van der Waals surface area contributed by atoms with Crippen LogP contribution in [0, 0.1) is 28.9 Å². The van der Waals surface area contributed by atoms with Gasteiger partial charge in [0.15, 0.2) is 11.6 Å². The smallest absolute Gasteiger partial charge is 0.307 e. The van der Waals surface area contributed by atoms with Gasteiger partial charge in [-0.15, -0.1) is 0 Å². The van der Waals surface area contributed by atoms with E-state index in [1.54, 1.807) is 13.8 Å². The van der Waals surface area contributed by atoms with Crippen molar-refractivity contribution in [2.75, 3.05) is 5.32 Å². The Bertz CT molecular complexity index is 557. The fraction of sp³-hybridized carbons (Fsp3) is 0.385. The van der Waals surface area contributed by atoms with Crippen LogP contribution in [-0.4, -0.2) is 17.0 Å². The number of anilines is 1. The monoisotopic (exact) mass is 269 g/mol. The molecular formula is C13H13F2NO3. The standard InChI is InChI=1S/C13H13F2NO3/c1-13(2)8(9(13)12(18)19)11(17)16-7-5-3-4-6(14)10(7)15/h3-5,8-9H,1-2H3,(H,16,17)(H,18,19). The number of hydrogen-bond donors (Lipinski definition) is 2. The molecule has 1 aromatic carbocycles. The zero-order valence-electron chi connectivity index (χ0n) is 10.4. The van der Waals surface area contributed by atoms with E-state index in [2.05, 4.69) is 5.32 Å². The number of carboxylic acids is 1. The van der Waals surface area contributed by atoms with Gasteiger partial charge in [0.1, 0.15) is 0 Å². The van der Waals surface area contributed by atoms with Crippen LogP contribution in [0.25, 0.3) is 0 Å². The summed E-state index contributed by atoms with van der Waals surface area (Å²) < 4.78 is 26.4. The molecule has 1 fully saturated rings. The number of aliphatic carboxylic acids is 1. The van der Waals surface area contributed by atoms with Gasteiger partial charge < -0.3 is 10.4 Å². The van der Waals surface area contributed by atoms with Crippen LogP contribution >= 0.6 is 0 Å². The van der Waals surface area contributed by atoms with Gasteiger partial charge in [0.05, 0.1) is 17.5 Å². The first kappa shape index (κ1) is 13.5. The van der Waals surface area contributed by atoms with Crippen molar-refractivity contribution in [1.29, 1.82) is 0 Å². The Morgan fingerprint density at radius 3 is 2.42 bits per heavy atom. The lowest BCUT2D eigenvalue weighted by Gasteiger charge is -2.07. The quantitative estimate of drug-likeness (QED) is 0.884. The maximum atomic E-state index is 13.4. The number of carboxylic acid groups (broad SMARTS) is 1. The average molecular weight is 269 g/mol. The van der Waals surface area contributed by atoms with Crippen LogP contribution in [0.4, 0.5) is 14.5 Å². The second-order valence-corrected chi connectivity index (χ2v) is 5.21. The van der Waals surface area contributed by atoms with Crippen molar-refractivity contribution < 1.29 is 23.5 Å². The molecule has 6 heteroatoms. The minimum absolute atomic E-state index is 0.281. The molecule has 1 aliphatic rings. The fourth-order valence-electron chi connectivity index (χ4n) is 2.40. The topological polar surface area (TPSA) is 66.4 Å². The molecule has 19 heavy (non-hydrogen) atoms. The van der Waals surface area contributed by atoms with Crippen molar-refractivity contribution in [3.63, 3.8) is 0 Å². The lowest BCUT2D eigenvalue weighted by molar-refractivity contribution is -0.140. The van der Waals surface area contributed by atoms with Gasteiger partial charge in [-0.25, -0.2) is 8.78 Å². The highest BCUT2D eigenvalue weighted by atomic mass is 19.2. The van der Waals surface area contributed by atoms with E-state index in [1.165, 1.54) is 12.1 Å². The number of nitrogens with one attached hydrogen (secondary N) is 1. The number of halogens is 2. The van der Waals surface area contributed by atoms with Gasteiger partial charge in [-0.2, -0.15) is 0 Å². The van der Waals surface area contributed by atoms with Gasteiger partial charge in [-0.05, 0) is 17.5 Å². The molecule has 0 aliphatic heterocycles. The van der Waals surface area contributed by atoms with E-state index in [9.17, 15) is 18.4 Å². The number of amides is 1. The van der Waals surface area contributed by atoms with E-state index in [-0.39, 0.29) is 5.69 Å². The Labute approximate surface area is 108 Å². The van der Waals surface area contributed by atoms with Crippen LogP contribution in [0.1, 0.15) is 13.8 Å². The van der Waals surface area contributed by atoms with Crippen molar-refractivity contribution >= 4 is 17.6 Å². The van der Waals surface area contributed by atoms with Crippen LogP contribution in [0.3, 0.4) is 0 Å². The molecule has 0 spiro atoms. The van der Waals surface area contributed by atoms with Gasteiger partial charge in [0.2, 0.25) is 5.91 Å². The second kappa shape index (κ2) is 4.29. The third-order valence-electron chi connectivity index (χ3n) is 3.59. The van der Waals surface area contributed by atoms with Crippen LogP contribution < -0.4 is 5.32 Å². The van der Waals surface area contributed by atoms with Crippen LogP contribution in [-0.2, 0) is 9.59 Å². The SMILES string of the molecule is CC1(C)C(C(=O)O)C1C(=O)Nc1cccc(F)c1F. The summed E-state index contributed by atoms with van der Waals surface area (Å²) in [5.74, 6) is -5.44. The van der Waals surface area contributed by atoms with E-state index in [1.807, 2.05) is 0 Å². The predicted molar refractivity (Wildman–Crippen MR) is 63.4 cm³/mol. The van der Waals surface area contributed by atoms with E-state index in [4.69, 9.17) is 5.11 Å². The molecule has 2 atom stereocenters. The molecule has 0 heterocycles. The van der Waals surface area contributed by atoms with Crippen molar-refractivity contribution in [2.24, 2.45) is 17.3 Å². The number of hydrogen-bond acceptors (Lipinski definition) is 2. The van der Waals surface area contributed by atoms with Crippen molar-refractivity contribution in [2.45, 2.75) is 13.8 Å². The predicted octanol–water partition coefficient (Wildman–Crippen LogP) is 2.26. The van der Waals surface area contributed by atoms with Crippen molar-refractivity contribution in [3.05, 3.63) is 29.8 Å².